The predicted octanol–water partition coefficient (Wildman–Crippen LogP) is 2.71. The zero-order valence-corrected chi connectivity index (χ0v) is 14.9. The van der Waals surface area contributed by atoms with Crippen molar-refractivity contribution in [1.82, 2.24) is 4.90 Å². The Morgan fingerprint density at radius 1 is 1.38 bits per heavy atom. The van der Waals surface area contributed by atoms with Crippen LogP contribution in [0.2, 0.25) is 0 Å². The third-order valence-corrected chi connectivity index (χ3v) is 5.13. The van der Waals surface area contributed by atoms with Gasteiger partial charge in [-0.1, -0.05) is 26.0 Å². The van der Waals surface area contributed by atoms with E-state index in [1.165, 1.54) is 12.1 Å². The van der Waals surface area contributed by atoms with Gasteiger partial charge in [-0.25, -0.2) is 4.39 Å². The Morgan fingerprint density at radius 3 is 2.62 bits per heavy atom. The number of amides is 1. The second-order valence-electron chi connectivity index (χ2n) is 7.13. The highest BCUT2D eigenvalue weighted by Gasteiger charge is 2.43. The van der Waals surface area contributed by atoms with Crippen molar-refractivity contribution in [3.05, 3.63) is 35.6 Å². The SMILES string of the molecule is CC(C)C(N)CCN(C)C(=O)C1(c2cccc(F)c2)CCOCC1. The van der Waals surface area contributed by atoms with Gasteiger partial charge < -0.3 is 15.4 Å². The van der Waals surface area contributed by atoms with E-state index in [9.17, 15) is 9.18 Å². The van der Waals surface area contributed by atoms with Crippen LogP contribution in [0.1, 0.15) is 38.7 Å². The highest BCUT2D eigenvalue weighted by atomic mass is 19.1. The van der Waals surface area contributed by atoms with Crippen molar-refractivity contribution in [2.45, 2.75) is 44.6 Å². The van der Waals surface area contributed by atoms with Gasteiger partial charge in [0.15, 0.2) is 0 Å². The van der Waals surface area contributed by atoms with Crippen molar-refractivity contribution in [2.24, 2.45) is 11.7 Å². The van der Waals surface area contributed by atoms with Crippen LogP contribution in [0.4, 0.5) is 4.39 Å². The maximum absolute atomic E-state index is 13.7. The highest BCUT2D eigenvalue weighted by Crippen LogP contribution is 2.37. The molecule has 1 unspecified atom stereocenters. The summed E-state index contributed by atoms with van der Waals surface area (Å²) in [7, 11) is 1.81. The quantitative estimate of drug-likeness (QED) is 0.869. The molecule has 2 rings (SSSR count). The van der Waals surface area contributed by atoms with Gasteiger partial charge in [-0.3, -0.25) is 4.79 Å². The monoisotopic (exact) mass is 336 g/mol. The summed E-state index contributed by atoms with van der Waals surface area (Å²) < 4.78 is 19.2. The fraction of sp³-hybridized carbons (Fsp3) is 0.632. The Morgan fingerprint density at radius 2 is 2.04 bits per heavy atom. The second kappa shape index (κ2) is 8.08. The molecular weight excluding hydrogens is 307 g/mol. The van der Waals surface area contributed by atoms with Gasteiger partial charge in [-0.15, -0.1) is 0 Å². The largest absolute Gasteiger partial charge is 0.381 e. The summed E-state index contributed by atoms with van der Waals surface area (Å²) >= 11 is 0. The third kappa shape index (κ3) is 4.14. The molecule has 2 N–H and O–H groups in total. The summed E-state index contributed by atoms with van der Waals surface area (Å²) in [6, 6.07) is 6.48. The molecule has 0 aromatic heterocycles. The number of carbonyl (C=O) groups excluding carboxylic acids is 1. The molecule has 1 amide bonds. The number of benzene rings is 1. The predicted molar refractivity (Wildman–Crippen MR) is 93.2 cm³/mol. The van der Waals surface area contributed by atoms with E-state index in [4.69, 9.17) is 10.5 Å². The maximum atomic E-state index is 13.7. The van der Waals surface area contributed by atoms with Crippen LogP contribution in [0.3, 0.4) is 0 Å². The zero-order chi connectivity index (χ0) is 17.7. The van der Waals surface area contributed by atoms with Gasteiger partial charge in [0.05, 0.1) is 5.41 Å². The van der Waals surface area contributed by atoms with Crippen molar-refractivity contribution in [3.8, 4) is 0 Å². The first-order chi connectivity index (χ1) is 11.4. The van der Waals surface area contributed by atoms with Crippen LogP contribution in [0.15, 0.2) is 24.3 Å². The summed E-state index contributed by atoms with van der Waals surface area (Å²) in [5.74, 6) is 0.108. The standard InChI is InChI=1S/C19H29FN2O2/c1-14(2)17(21)7-10-22(3)18(23)19(8-11-24-12-9-19)15-5-4-6-16(20)13-15/h4-6,13-14,17H,7-12,21H2,1-3H3. The number of halogens is 1. The van der Waals surface area contributed by atoms with E-state index in [2.05, 4.69) is 13.8 Å². The van der Waals surface area contributed by atoms with E-state index in [0.717, 1.165) is 12.0 Å². The number of likely N-dealkylation sites (N-methyl/N-ethyl adjacent to an activating group) is 1. The first-order valence-corrected chi connectivity index (χ1v) is 8.72. The zero-order valence-electron chi connectivity index (χ0n) is 14.9. The summed E-state index contributed by atoms with van der Waals surface area (Å²) in [6.07, 6.45) is 1.92. The van der Waals surface area contributed by atoms with Crippen LogP contribution in [-0.2, 0) is 14.9 Å². The minimum atomic E-state index is -0.697. The first kappa shape index (κ1) is 18.9. The average molecular weight is 336 g/mol. The molecule has 1 aliphatic rings. The van der Waals surface area contributed by atoms with E-state index in [0.29, 0.717) is 38.5 Å². The van der Waals surface area contributed by atoms with E-state index < -0.39 is 5.41 Å². The normalized spacial score (nSPS) is 18.4. The fourth-order valence-corrected chi connectivity index (χ4v) is 3.27. The highest BCUT2D eigenvalue weighted by molar-refractivity contribution is 5.88. The smallest absolute Gasteiger partial charge is 0.233 e. The van der Waals surface area contributed by atoms with Crippen molar-refractivity contribution in [2.75, 3.05) is 26.8 Å². The minimum Gasteiger partial charge on any atom is -0.381 e. The first-order valence-electron chi connectivity index (χ1n) is 8.72. The van der Waals surface area contributed by atoms with Crippen molar-refractivity contribution < 1.29 is 13.9 Å². The molecule has 0 spiro atoms. The molecule has 1 aliphatic heterocycles. The Labute approximate surface area is 144 Å². The number of hydrogen-bond donors (Lipinski definition) is 1. The topological polar surface area (TPSA) is 55.6 Å². The number of rotatable bonds is 6. The van der Waals surface area contributed by atoms with Gasteiger partial charge in [0, 0.05) is 32.8 Å². The van der Waals surface area contributed by atoms with Gasteiger partial charge in [0.2, 0.25) is 5.91 Å². The summed E-state index contributed by atoms with van der Waals surface area (Å²) in [5.41, 5.74) is 6.15. The van der Waals surface area contributed by atoms with E-state index in [1.54, 1.807) is 11.0 Å². The van der Waals surface area contributed by atoms with Crippen LogP contribution in [0.25, 0.3) is 0 Å². The lowest BCUT2D eigenvalue weighted by atomic mass is 9.73. The van der Waals surface area contributed by atoms with Crippen LogP contribution in [0.5, 0.6) is 0 Å². The molecule has 0 radical (unpaired) electrons. The maximum Gasteiger partial charge on any atom is 0.233 e. The van der Waals surface area contributed by atoms with Crippen LogP contribution >= 0.6 is 0 Å². The van der Waals surface area contributed by atoms with Crippen molar-refractivity contribution >= 4 is 5.91 Å². The Hall–Kier alpha value is -1.46. The molecule has 4 nitrogen and oxygen atoms in total. The number of nitrogens with two attached hydrogens (primary N) is 1. The molecule has 24 heavy (non-hydrogen) atoms. The molecule has 5 heteroatoms. The average Bonchev–Trinajstić information content (AvgIpc) is 2.59. The Kier molecular flexibility index (Phi) is 6.35. The van der Waals surface area contributed by atoms with Crippen molar-refractivity contribution in [3.63, 3.8) is 0 Å². The van der Waals surface area contributed by atoms with Crippen LogP contribution in [0, 0.1) is 11.7 Å². The molecule has 0 saturated carbocycles. The van der Waals surface area contributed by atoms with Crippen LogP contribution < -0.4 is 5.73 Å². The van der Waals surface area contributed by atoms with E-state index in [1.807, 2.05) is 13.1 Å². The molecule has 134 valence electrons. The van der Waals surface area contributed by atoms with Gasteiger partial charge in [-0.05, 0) is 42.9 Å². The van der Waals surface area contributed by atoms with Gasteiger partial charge in [0.1, 0.15) is 5.82 Å². The minimum absolute atomic E-state index is 0.0346. The summed E-state index contributed by atoms with van der Waals surface area (Å²) in [6.45, 7) is 5.80. The number of nitrogens with zero attached hydrogens (tertiary/aromatic N) is 1. The third-order valence-electron chi connectivity index (χ3n) is 5.13. The Balaban J connectivity index is 2.19. The molecule has 1 aromatic carbocycles. The van der Waals surface area contributed by atoms with Gasteiger partial charge in [-0.2, -0.15) is 0 Å². The molecule has 0 aliphatic carbocycles. The molecule has 1 aromatic rings. The van der Waals surface area contributed by atoms with E-state index >= 15 is 0 Å². The number of ether oxygens (including phenoxy) is 1. The number of carbonyl (C=O) groups is 1. The Bertz CT molecular complexity index is 556. The molecule has 0 bridgehead atoms. The lowest BCUT2D eigenvalue weighted by Crippen LogP contribution is -2.49. The van der Waals surface area contributed by atoms with Gasteiger partial charge >= 0.3 is 0 Å². The number of hydrogen-bond acceptors (Lipinski definition) is 3. The molecule has 1 fully saturated rings. The molecule has 1 atom stereocenters. The summed E-state index contributed by atoms with van der Waals surface area (Å²) in [5, 5.41) is 0. The van der Waals surface area contributed by atoms with Crippen LogP contribution in [-0.4, -0.2) is 43.7 Å². The fourth-order valence-electron chi connectivity index (χ4n) is 3.27. The lowest BCUT2D eigenvalue weighted by molar-refractivity contribution is -0.140. The van der Waals surface area contributed by atoms with Crippen molar-refractivity contribution in [1.29, 1.82) is 0 Å². The molecule has 1 heterocycles. The van der Waals surface area contributed by atoms with E-state index in [-0.39, 0.29) is 17.8 Å². The van der Waals surface area contributed by atoms with Gasteiger partial charge in [0.25, 0.3) is 0 Å². The second-order valence-corrected chi connectivity index (χ2v) is 7.13. The molecular formula is C19H29FN2O2. The summed E-state index contributed by atoms with van der Waals surface area (Å²) in [4.78, 5) is 15.0. The molecule has 1 saturated heterocycles. The lowest BCUT2D eigenvalue weighted by Gasteiger charge is -2.39.